The van der Waals surface area contributed by atoms with Crippen molar-refractivity contribution in [1.82, 2.24) is 0 Å². The van der Waals surface area contributed by atoms with E-state index in [9.17, 15) is 9.59 Å². The van der Waals surface area contributed by atoms with Gasteiger partial charge < -0.3 is 15.4 Å². The highest BCUT2D eigenvalue weighted by Crippen LogP contribution is 2.38. The van der Waals surface area contributed by atoms with E-state index >= 15 is 0 Å². The van der Waals surface area contributed by atoms with Crippen molar-refractivity contribution in [3.63, 3.8) is 0 Å². The number of nitrogens with one attached hydrogen (secondary N) is 2. The molecule has 3 aromatic rings. The van der Waals surface area contributed by atoms with Crippen LogP contribution < -0.4 is 15.4 Å². The van der Waals surface area contributed by atoms with Crippen molar-refractivity contribution in [3.8, 4) is 5.75 Å². The van der Waals surface area contributed by atoms with Crippen LogP contribution in [0.2, 0.25) is 5.02 Å². The number of thioether (sulfide) groups is 1. The number of unbranched alkanes of at least 4 members (excludes halogenated alkanes) is 1. The van der Waals surface area contributed by atoms with Gasteiger partial charge >= 0.3 is 0 Å². The van der Waals surface area contributed by atoms with Crippen molar-refractivity contribution in [2.24, 2.45) is 0 Å². The number of rotatable bonds is 10. The zero-order valence-corrected chi connectivity index (χ0v) is 20.2. The summed E-state index contributed by atoms with van der Waals surface area (Å²) in [7, 11) is 1.54. The molecule has 0 saturated carbocycles. The SMILES string of the molecule is CCCCC(=O)Nc1cccc(SC(C(=O)Nc2cc(Cl)ccc2OC)c2ccccc2)c1. The van der Waals surface area contributed by atoms with E-state index < -0.39 is 5.25 Å². The molecular formula is C26H27ClN2O3S. The van der Waals surface area contributed by atoms with Crippen molar-refractivity contribution < 1.29 is 14.3 Å². The zero-order valence-electron chi connectivity index (χ0n) is 18.6. The quantitative estimate of drug-likeness (QED) is 0.307. The minimum absolute atomic E-state index is 0.00981. The summed E-state index contributed by atoms with van der Waals surface area (Å²) in [6, 6.07) is 22.2. The summed E-state index contributed by atoms with van der Waals surface area (Å²) in [5, 5.41) is 5.86. The highest BCUT2D eigenvalue weighted by molar-refractivity contribution is 8.00. The van der Waals surface area contributed by atoms with E-state index in [1.165, 1.54) is 11.8 Å². The minimum atomic E-state index is -0.527. The van der Waals surface area contributed by atoms with Gasteiger partial charge in [-0.3, -0.25) is 9.59 Å². The van der Waals surface area contributed by atoms with Crippen molar-refractivity contribution in [1.29, 1.82) is 0 Å². The molecule has 3 aromatic carbocycles. The Kier molecular flexibility index (Phi) is 9.22. The lowest BCUT2D eigenvalue weighted by molar-refractivity contribution is -0.116. The number of amides is 2. The third kappa shape index (κ3) is 7.27. The lowest BCUT2D eigenvalue weighted by atomic mass is 10.1. The third-order valence-electron chi connectivity index (χ3n) is 4.89. The average Bonchev–Trinajstić information content (AvgIpc) is 2.82. The molecule has 0 aliphatic heterocycles. The molecule has 0 aliphatic carbocycles. The maximum absolute atomic E-state index is 13.4. The van der Waals surface area contributed by atoms with Gasteiger partial charge in [0.25, 0.3) is 0 Å². The third-order valence-corrected chi connectivity index (χ3v) is 6.37. The molecule has 1 unspecified atom stereocenters. The summed E-state index contributed by atoms with van der Waals surface area (Å²) < 4.78 is 5.37. The number of carbonyl (C=O) groups excluding carboxylic acids is 2. The van der Waals surface area contributed by atoms with Crippen LogP contribution in [0.4, 0.5) is 11.4 Å². The summed E-state index contributed by atoms with van der Waals surface area (Å²) in [6.45, 7) is 2.05. The van der Waals surface area contributed by atoms with Gasteiger partial charge in [-0.25, -0.2) is 0 Å². The van der Waals surface area contributed by atoms with Crippen molar-refractivity contribution >= 4 is 46.6 Å². The molecule has 0 saturated heterocycles. The van der Waals surface area contributed by atoms with Crippen LogP contribution >= 0.6 is 23.4 Å². The van der Waals surface area contributed by atoms with E-state index in [4.69, 9.17) is 16.3 Å². The molecule has 7 heteroatoms. The molecule has 0 radical (unpaired) electrons. The Bertz CT molecular complexity index is 1090. The van der Waals surface area contributed by atoms with Crippen molar-refractivity contribution in [2.75, 3.05) is 17.7 Å². The molecule has 5 nitrogen and oxygen atoms in total. The predicted octanol–water partition coefficient (Wildman–Crippen LogP) is 6.95. The van der Waals surface area contributed by atoms with Crippen LogP contribution in [0, 0.1) is 0 Å². The maximum atomic E-state index is 13.4. The van der Waals surface area contributed by atoms with E-state index in [0.29, 0.717) is 28.6 Å². The summed E-state index contributed by atoms with van der Waals surface area (Å²) >= 11 is 7.54. The van der Waals surface area contributed by atoms with Crippen LogP contribution in [0.1, 0.15) is 37.0 Å². The van der Waals surface area contributed by atoms with Crippen LogP contribution in [-0.2, 0) is 9.59 Å². The standard InChI is InChI=1S/C26H27ClN2O3S/c1-3-4-13-24(30)28-20-11-8-12-21(17-20)33-25(18-9-6-5-7-10-18)26(31)29-22-16-19(27)14-15-23(22)32-2/h5-12,14-17,25H,3-4,13H2,1-2H3,(H,28,30)(H,29,31). The van der Waals surface area contributed by atoms with Crippen molar-refractivity contribution in [3.05, 3.63) is 83.4 Å². The Balaban J connectivity index is 1.83. The lowest BCUT2D eigenvalue weighted by Gasteiger charge is -2.19. The lowest BCUT2D eigenvalue weighted by Crippen LogP contribution is -2.19. The van der Waals surface area contributed by atoms with Crippen LogP contribution in [0.25, 0.3) is 0 Å². The van der Waals surface area contributed by atoms with Gasteiger partial charge in [0.2, 0.25) is 11.8 Å². The van der Waals surface area contributed by atoms with Gasteiger partial charge in [0, 0.05) is 22.0 Å². The normalized spacial score (nSPS) is 11.5. The molecule has 33 heavy (non-hydrogen) atoms. The fourth-order valence-corrected chi connectivity index (χ4v) is 4.48. The Morgan fingerprint density at radius 2 is 1.79 bits per heavy atom. The number of anilines is 2. The predicted molar refractivity (Wildman–Crippen MR) is 136 cm³/mol. The number of benzene rings is 3. The molecule has 0 aliphatic rings. The van der Waals surface area contributed by atoms with E-state index in [1.807, 2.05) is 54.6 Å². The molecule has 2 N–H and O–H groups in total. The van der Waals surface area contributed by atoms with E-state index in [-0.39, 0.29) is 11.8 Å². The molecule has 3 rings (SSSR count). The first-order chi connectivity index (χ1) is 16.0. The number of hydrogen-bond acceptors (Lipinski definition) is 4. The summed E-state index contributed by atoms with van der Waals surface area (Å²) in [4.78, 5) is 26.4. The maximum Gasteiger partial charge on any atom is 0.242 e. The molecule has 0 fully saturated rings. The molecular weight excluding hydrogens is 456 g/mol. The minimum Gasteiger partial charge on any atom is -0.495 e. The van der Waals surface area contributed by atoms with Gasteiger partial charge in [0.05, 0.1) is 12.8 Å². The molecule has 0 bridgehead atoms. The second kappa shape index (κ2) is 12.3. The van der Waals surface area contributed by atoms with Crippen LogP contribution in [0.15, 0.2) is 77.7 Å². The average molecular weight is 483 g/mol. The number of carbonyl (C=O) groups is 2. The summed E-state index contributed by atoms with van der Waals surface area (Å²) in [5.74, 6) is 0.315. The Morgan fingerprint density at radius 1 is 1.00 bits per heavy atom. The van der Waals surface area contributed by atoms with Crippen molar-refractivity contribution in [2.45, 2.75) is 36.3 Å². The zero-order chi connectivity index (χ0) is 23.6. The van der Waals surface area contributed by atoms with Crippen LogP contribution in [0.5, 0.6) is 5.75 Å². The highest BCUT2D eigenvalue weighted by Gasteiger charge is 2.23. The summed E-state index contributed by atoms with van der Waals surface area (Å²) in [5.41, 5.74) is 2.08. The number of halogens is 1. The monoisotopic (exact) mass is 482 g/mol. The van der Waals surface area contributed by atoms with Gasteiger partial charge in [-0.2, -0.15) is 0 Å². The fourth-order valence-electron chi connectivity index (χ4n) is 3.22. The summed E-state index contributed by atoms with van der Waals surface area (Å²) in [6.07, 6.45) is 2.31. The fraction of sp³-hybridized carbons (Fsp3) is 0.231. The van der Waals surface area contributed by atoms with Crippen LogP contribution in [-0.4, -0.2) is 18.9 Å². The first kappa shape index (κ1) is 24.7. The van der Waals surface area contributed by atoms with Gasteiger partial charge in [0.15, 0.2) is 0 Å². The molecule has 0 heterocycles. The highest BCUT2D eigenvalue weighted by atomic mass is 35.5. The second-order valence-electron chi connectivity index (χ2n) is 7.42. The second-order valence-corrected chi connectivity index (χ2v) is 9.04. The van der Waals surface area contributed by atoms with E-state index in [0.717, 1.165) is 23.3 Å². The number of hydrogen-bond donors (Lipinski definition) is 2. The molecule has 2 amide bonds. The topological polar surface area (TPSA) is 67.4 Å². The van der Waals surface area contributed by atoms with Gasteiger partial charge in [0.1, 0.15) is 11.0 Å². The van der Waals surface area contributed by atoms with E-state index in [2.05, 4.69) is 17.6 Å². The van der Waals surface area contributed by atoms with E-state index in [1.54, 1.807) is 25.3 Å². The Labute approximate surface area is 203 Å². The first-order valence-corrected chi connectivity index (χ1v) is 12.0. The number of methoxy groups -OCH3 is 1. The first-order valence-electron chi connectivity index (χ1n) is 10.8. The molecule has 172 valence electrons. The number of ether oxygens (including phenoxy) is 1. The van der Waals surface area contributed by atoms with Crippen LogP contribution in [0.3, 0.4) is 0 Å². The molecule has 1 atom stereocenters. The van der Waals surface area contributed by atoms with Gasteiger partial charge in [-0.1, -0.05) is 61.3 Å². The molecule has 0 spiro atoms. The van der Waals surface area contributed by atoms with Gasteiger partial charge in [-0.15, -0.1) is 11.8 Å². The smallest absolute Gasteiger partial charge is 0.242 e. The molecule has 0 aromatic heterocycles. The Morgan fingerprint density at radius 3 is 2.52 bits per heavy atom. The largest absolute Gasteiger partial charge is 0.495 e. The Hall–Kier alpha value is -2.96. The van der Waals surface area contributed by atoms with Gasteiger partial charge in [-0.05, 0) is 48.4 Å².